The standard InChI is InChI=1S/C16H20N2O3/c1-10(2)21-15-5-4-13(6-11(15)3)18-16(19)12-7-14(8-17)20-9-12/h4-7,9-10H,8,17H2,1-3H3,(H,18,19). The largest absolute Gasteiger partial charge is 0.491 e. The first-order valence-electron chi connectivity index (χ1n) is 6.85. The van der Waals surface area contributed by atoms with Gasteiger partial charge < -0.3 is 20.2 Å². The van der Waals surface area contributed by atoms with Crippen molar-refractivity contribution in [1.82, 2.24) is 0 Å². The molecule has 1 aromatic carbocycles. The number of amides is 1. The van der Waals surface area contributed by atoms with E-state index in [9.17, 15) is 4.79 Å². The number of rotatable bonds is 5. The summed E-state index contributed by atoms with van der Waals surface area (Å²) in [5.41, 5.74) is 7.59. The number of benzene rings is 1. The normalized spacial score (nSPS) is 10.7. The molecule has 1 aromatic heterocycles. The minimum absolute atomic E-state index is 0.116. The molecule has 0 saturated heterocycles. The van der Waals surface area contributed by atoms with Gasteiger partial charge in [0.15, 0.2) is 0 Å². The van der Waals surface area contributed by atoms with Crippen LogP contribution in [-0.4, -0.2) is 12.0 Å². The SMILES string of the molecule is Cc1cc(NC(=O)c2coc(CN)c2)ccc1OC(C)C. The minimum Gasteiger partial charge on any atom is -0.491 e. The molecular formula is C16H20N2O3. The van der Waals surface area contributed by atoms with Gasteiger partial charge in [0, 0.05) is 5.69 Å². The van der Waals surface area contributed by atoms with Crippen LogP contribution in [0.1, 0.15) is 35.5 Å². The van der Waals surface area contributed by atoms with Gasteiger partial charge in [-0.1, -0.05) is 0 Å². The highest BCUT2D eigenvalue weighted by Gasteiger charge is 2.11. The number of furan rings is 1. The fourth-order valence-electron chi connectivity index (χ4n) is 1.92. The van der Waals surface area contributed by atoms with Crippen LogP contribution in [0.4, 0.5) is 5.69 Å². The highest BCUT2D eigenvalue weighted by Crippen LogP contribution is 2.23. The number of aryl methyl sites for hydroxylation is 1. The fraction of sp³-hybridized carbons (Fsp3) is 0.312. The van der Waals surface area contributed by atoms with Crippen LogP contribution in [0.3, 0.4) is 0 Å². The maximum absolute atomic E-state index is 12.1. The highest BCUT2D eigenvalue weighted by molar-refractivity contribution is 6.04. The Hall–Kier alpha value is -2.27. The van der Waals surface area contributed by atoms with E-state index in [4.69, 9.17) is 14.9 Å². The van der Waals surface area contributed by atoms with Crippen molar-refractivity contribution in [1.29, 1.82) is 0 Å². The molecule has 0 spiro atoms. The van der Waals surface area contributed by atoms with Crippen LogP contribution in [-0.2, 0) is 6.54 Å². The van der Waals surface area contributed by atoms with Gasteiger partial charge in [0.05, 0.1) is 18.2 Å². The van der Waals surface area contributed by atoms with Crippen molar-refractivity contribution >= 4 is 11.6 Å². The van der Waals surface area contributed by atoms with Crippen LogP contribution in [0.2, 0.25) is 0 Å². The molecule has 0 aliphatic carbocycles. The van der Waals surface area contributed by atoms with Crippen LogP contribution in [0.5, 0.6) is 5.75 Å². The quantitative estimate of drug-likeness (QED) is 0.886. The number of ether oxygens (including phenoxy) is 1. The van der Waals surface area contributed by atoms with Crippen molar-refractivity contribution in [2.24, 2.45) is 5.73 Å². The molecule has 1 amide bonds. The summed E-state index contributed by atoms with van der Waals surface area (Å²) >= 11 is 0. The molecule has 0 atom stereocenters. The van der Waals surface area contributed by atoms with E-state index in [1.165, 1.54) is 6.26 Å². The van der Waals surface area contributed by atoms with Gasteiger partial charge in [-0.2, -0.15) is 0 Å². The Morgan fingerprint density at radius 1 is 1.38 bits per heavy atom. The van der Waals surface area contributed by atoms with Crippen LogP contribution < -0.4 is 15.8 Å². The second-order valence-corrected chi connectivity index (χ2v) is 5.11. The molecule has 2 rings (SSSR count). The Kier molecular flexibility index (Phi) is 4.65. The van der Waals surface area contributed by atoms with Crippen LogP contribution in [0.25, 0.3) is 0 Å². The second kappa shape index (κ2) is 6.45. The van der Waals surface area contributed by atoms with E-state index in [2.05, 4.69) is 5.32 Å². The first-order chi connectivity index (χ1) is 9.99. The Morgan fingerprint density at radius 2 is 2.14 bits per heavy atom. The summed E-state index contributed by atoms with van der Waals surface area (Å²) in [7, 11) is 0. The first kappa shape index (κ1) is 15.1. The van der Waals surface area contributed by atoms with Gasteiger partial charge in [0.1, 0.15) is 17.8 Å². The molecule has 5 heteroatoms. The summed E-state index contributed by atoms with van der Waals surface area (Å²) in [6, 6.07) is 7.18. The summed E-state index contributed by atoms with van der Waals surface area (Å²) in [4.78, 5) is 12.1. The maximum Gasteiger partial charge on any atom is 0.258 e. The van der Waals surface area contributed by atoms with Gasteiger partial charge in [-0.3, -0.25) is 4.79 Å². The number of nitrogens with two attached hydrogens (primary N) is 1. The number of carbonyl (C=O) groups is 1. The molecule has 0 radical (unpaired) electrons. The molecule has 2 aromatic rings. The Bertz CT molecular complexity index is 632. The molecule has 0 saturated carbocycles. The Labute approximate surface area is 124 Å². The maximum atomic E-state index is 12.1. The first-order valence-corrected chi connectivity index (χ1v) is 6.85. The van der Waals surface area contributed by atoms with E-state index >= 15 is 0 Å². The van der Waals surface area contributed by atoms with E-state index in [1.807, 2.05) is 39.0 Å². The fourth-order valence-corrected chi connectivity index (χ4v) is 1.92. The van der Waals surface area contributed by atoms with Crippen LogP contribution in [0, 0.1) is 6.92 Å². The number of hydrogen-bond acceptors (Lipinski definition) is 4. The molecule has 21 heavy (non-hydrogen) atoms. The summed E-state index contributed by atoms with van der Waals surface area (Å²) in [5, 5.41) is 2.82. The van der Waals surface area contributed by atoms with Gasteiger partial charge in [0.25, 0.3) is 5.91 Å². The average molecular weight is 288 g/mol. The lowest BCUT2D eigenvalue weighted by atomic mass is 10.2. The van der Waals surface area contributed by atoms with Crippen molar-refractivity contribution in [3.8, 4) is 5.75 Å². The third-order valence-electron chi connectivity index (χ3n) is 2.91. The summed E-state index contributed by atoms with van der Waals surface area (Å²) in [6.45, 7) is 6.16. The third kappa shape index (κ3) is 3.86. The van der Waals surface area contributed by atoms with Crippen LogP contribution >= 0.6 is 0 Å². The van der Waals surface area contributed by atoms with E-state index in [-0.39, 0.29) is 18.6 Å². The van der Waals surface area contributed by atoms with Crippen LogP contribution in [0.15, 0.2) is 34.9 Å². The van der Waals surface area contributed by atoms with Gasteiger partial charge in [-0.25, -0.2) is 0 Å². The Balaban J connectivity index is 2.09. The Morgan fingerprint density at radius 3 is 2.71 bits per heavy atom. The number of hydrogen-bond donors (Lipinski definition) is 2. The zero-order valence-corrected chi connectivity index (χ0v) is 12.5. The molecule has 0 unspecified atom stereocenters. The minimum atomic E-state index is -0.227. The molecular weight excluding hydrogens is 268 g/mol. The summed E-state index contributed by atoms with van der Waals surface area (Å²) in [5.74, 6) is 1.17. The van der Waals surface area contributed by atoms with Gasteiger partial charge >= 0.3 is 0 Å². The van der Waals surface area contributed by atoms with E-state index in [1.54, 1.807) is 6.07 Å². The lowest BCUT2D eigenvalue weighted by Gasteiger charge is -2.13. The summed E-state index contributed by atoms with van der Waals surface area (Å²) in [6.07, 6.45) is 1.52. The van der Waals surface area contributed by atoms with E-state index in [0.717, 1.165) is 11.3 Å². The molecule has 0 aliphatic rings. The van der Waals surface area contributed by atoms with E-state index in [0.29, 0.717) is 17.0 Å². The number of carbonyl (C=O) groups excluding carboxylic acids is 1. The van der Waals surface area contributed by atoms with Gasteiger partial charge in [0.2, 0.25) is 0 Å². The molecule has 112 valence electrons. The van der Waals surface area contributed by atoms with Crippen molar-refractivity contribution in [2.45, 2.75) is 33.4 Å². The molecule has 0 aliphatic heterocycles. The van der Waals surface area contributed by atoms with Crippen molar-refractivity contribution < 1.29 is 13.9 Å². The van der Waals surface area contributed by atoms with Crippen molar-refractivity contribution in [2.75, 3.05) is 5.32 Å². The lowest BCUT2D eigenvalue weighted by Crippen LogP contribution is -2.11. The number of nitrogens with one attached hydrogen (secondary N) is 1. The van der Waals surface area contributed by atoms with Gasteiger partial charge in [-0.05, 0) is 50.6 Å². The molecule has 0 bridgehead atoms. The average Bonchev–Trinajstić information content (AvgIpc) is 2.90. The van der Waals surface area contributed by atoms with E-state index < -0.39 is 0 Å². The lowest BCUT2D eigenvalue weighted by molar-refractivity contribution is 0.102. The monoisotopic (exact) mass is 288 g/mol. The van der Waals surface area contributed by atoms with Crippen molar-refractivity contribution in [3.63, 3.8) is 0 Å². The molecule has 1 heterocycles. The van der Waals surface area contributed by atoms with Crippen molar-refractivity contribution in [3.05, 3.63) is 47.4 Å². The molecule has 0 fully saturated rings. The predicted molar refractivity (Wildman–Crippen MR) is 81.5 cm³/mol. The smallest absolute Gasteiger partial charge is 0.258 e. The van der Waals surface area contributed by atoms with Gasteiger partial charge in [-0.15, -0.1) is 0 Å². The molecule has 3 N–H and O–H groups in total. The zero-order chi connectivity index (χ0) is 15.4. The summed E-state index contributed by atoms with van der Waals surface area (Å²) < 4.78 is 10.8. The topological polar surface area (TPSA) is 77.5 Å². The third-order valence-corrected chi connectivity index (χ3v) is 2.91. The zero-order valence-electron chi connectivity index (χ0n) is 12.5. The second-order valence-electron chi connectivity index (χ2n) is 5.11. The predicted octanol–water partition coefficient (Wildman–Crippen LogP) is 3.09. The highest BCUT2D eigenvalue weighted by atomic mass is 16.5. The number of anilines is 1. The molecule has 5 nitrogen and oxygen atoms in total.